The van der Waals surface area contributed by atoms with Gasteiger partial charge in [0, 0.05) is 12.8 Å². The number of nitrogens with zero attached hydrogens (tertiary/aromatic N) is 1. The Hall–Kier alpha value is -2.23. The smallest absolute Gasteiger partial charge is 0.306 e. The lowest BCUT2D eigenvalue weighted by Gasteiger charge is -2.26. The van der Waals surface area contributed by atoms with Gasteiger partial charge in [0.15, 0.2) is 12.4 Å². The Kier molecular flexibility index (Phi) is 49.5. The maximum atomic E-state index is 12.8. The number of allylic oxidation sites excluding steroid dienone is 4. The third-order valence-electron chi connectivity index (χ3n) is 13.0. The fourth-order valence-corrected chi connectivity index (χ4v) is 8.45. The Morgan fingerprint density at radius 3 is 1.19 bits per heavy atom. The maximum absolute atomic E-state index is 12.8. The molecule has 2 unspecified atom stereocenters. The number of carboxylic acid groups (broad SMARTS) is 1. The SMILES string of the molecule is CCCCC/C=C\C/C=C\CCCCCCCCCC(=O)OC(COC(=O)CCCCCCCCCCCCCCCCCCCCCCCCCCCC)COC(OCC[N+](C)(C)C)C(=O)[O-]. The minimum Gasteiger partial charge on any atom is -0.545 e. The van der Waals surface area contributed by atoms with Crippen LogP contribution in [-0.2, 0) is 33.3 Å². The summed E-state index contributed by atoms with van der Waals surface area (Å²) in [6.07, 6.45) is 56.6. The minimum absolute atomic E-state index is 0.148. The molecule has 0 bridgehead atoms. The van der Waals surface area contributed by atoms with Gasteiger partial charge >= 0.3 is 11.9 Å². The molecule has 0 radical (unpaired) electrons. The van der Waals surface area contributed by atoms with Gasteiger partial charge in [-0.2, -0.15) is 0 Å². The largest absolute Gasteiger partial charge is 0.545 e. The maximum Gasteiger partial charge on any atom is 0.306 e. The van der Waals surface area contributed by atoms with Crippen LogP contribution in [0.4, 0.5) is 0 Å². The third-order valence-corrected chi connectivity index (χ3v) is 13.0. The fraction of sp³-hybridized carbons (Fsp3) is 0.881. The molecule has 0 aromatic carbocycles. The van der Waals surface area contributed by atoms with Gasteiger partial charge in [-0.05, 0) is 44.9 Å². The Morgan fingerprint density at radius 2 is 0.794 bits per heavy atom. The van der Waals surface area contributed by atoms with Crippen molar-refractivity contribution >= 4 is 17.9 Å². The van der Waals surface area contributed by atoms with Crippen LogP contribution < -0.4 is 5.11 Å². The first-order valence-electron chi connectivity index (χ1n) is 29.0. The lowest BCUT2D eigenvalue weighted by Crippen LogP contribution is -2.44. The van der Waals surface area contributed by atoms with Crippen LogP contribution in [0.1, 0.15) is 277 Å². The molecule has 0 saturated heterocycles. The van der Waals surface area contributed by atoms with Gasteiger partial charge in [-0.3, -0.25) is 9.59 Å². The molecule has 0 amide bonds. The van der Waals surface area contributed by atoms with Crippen LogP contribution in [-0.4, -0.2) is 82.3 Å². The molecule has 0 aliphatic rings. The van der Waals surface area contributed by atoms with E-state index in [4.69, 9.17) is 18.9 Å². The first kappa shape index (κ1) is 65.8. The van der Waals surface area contributed by atoms with Crippen molar-refractivity contribution in [2.24, 2.45) is 0 Å². The highest BCUT2D eigenvalue weighted by atomic mass is 16.7. The quantitative estimate of drug-likeness (QED) is 0.0195. The van der Waals surface area contributed by atoms with E-state index in [0.717, 1.165) is 51.4 Å². The summed E-state index contributed by atoms with van der Waals surface area (Å²) in [5.41, 5.74) is 0. The van der Waals surface area contributed by atoms with Crippen molar-refractivity contribution in [2.45, 2.75) is 289 Å². The molecule has 0 aromatic rings. The van der Waals surface area contributed by atoms with E-state index in [2.05, 4.69) is 38.2 Å². The van der Waals surface area contributed by atoms with E-state index < -0.39 is 24.3 Å². The van der Waals surface area contributed by atoms with Crippen LogP contribution in [0.2, 0.25) is 0 Å². The highest BCUT2D eigenvalue weighted by Crippen LogP contribution is 2.17. The van der Waals surface area contributed by atoms with Gasteiger partial charge in [-0.15, -0.1) is 0 Å². The van der Waals surface area contributed by atoms with Gasteiger partial charge < -0.3 is 33.3 Å². The number of esters is 2. The van der Waals surface area contributed by atoms with E-state index in [1.807, 2.05) is 21.1 Å². The fourth-order valence-electron chi connectivity index (χ4n) is 8.45. The zero-order valence-electron chi connectivity index (χ0n) is 45.5. The Labute approximate surface area is 420 Å². The van der Waals surface area contributed by atoms with Crippen LogP contribution in [0.15, 0.2) is 24.3 Å². The number of hydrogen-bond donors (Lipinski definition) is 0. The molecule has 0 aromatic heterocycles. The summed E-state index contributed by atoms with van der Waals surface area (Å²) in [5, 5.41) is 11.8. The van der Waals surface area contributed by atoms with E-state index in [-0.39, 0.29) is 32.2 Å². The predicted octanol–water partition coefficient (Wildman–Crippen LogP) is 15.4. The van der Waals surface area contributed by atoms with E-state index >= 15 is 0 Å². The molecule has 400 valence electrons. The second kappa shape index (κ2) is 51.1. The first-order chi connectivity index (χ1) is 33.1. The topological polar surface area (TPSA) is 111 Å². The summed E-state index contributed by atoms with van der Waals surface area (Å²) < 4.78 is 22.7. The van der Waals surface area contributed by atoms with Crippen LogP contribution in [0.5, 0.6) is 0 Å². The predicted molar refractivity (Wildman–Crippen MR) is 283 cm³/mol. The van der Waals surface area contributed by atoms with E-state index in [0.29, 0.717) is 23.9 Å². The average Bonchev–Trinajstić information content (AvgIpc) is 3.30. The van der Waals surface area contributed by atoms with E-state index in [1.54, 1.807) is 0 Å². The molecule has 0 fully saturated rings. The summed E-state index contributed by atoms with van der Waals surface area (Å²) in [4.78, 5) is 37.2. The van der Waals surface area contributed by atoms with E-state index in [1.165, 1.54) is 193 Å². The molecule has 2 atom stereocenters. The summed E-state index contributed by atoms with van der Waals surface area (Å²) in [6, 6.07) is 0. The van der Waals surface area contributed by atoms with Crippen molar-refractivity contribution in [2.75, 3.05) is 47.5 Å². The normalized spacial score (nSPS) is 12.9. The van der Waals surface area contributed by atoms with Crippen molar-refractivity contribution in [3.8, 4) is 0 Å². The number of carboxylic acids is 1. The number of ether oxygens (including phenoxy) is 4. The van der Waals surface area contributed by atoms with Crippen molar-refractivity contribution in [3.05, 3.63) is 24.3 Å². The molecule has 0 saturated carbocycles. The zero-order valence-corrected chi connectivity index (χ0v) is 45.5. The molecule has 0 aliphatic carbocycles. The number of unbranched alkanes of at least 4 members (excludes halogenated alkanes) is 35. The average molecular weight is 963 g/mol. The van der Waals surface area contributed by atoms with Gasteiger partial charge in [0.05, 0.1) is 40.3 Å². The summed E-state index contributed by atoms with van der Waals surface area (Å²) >= 11 is 0. The molecule has 0 heterocycles. The molecule has 9 nitrogen and oxygen atoms in total. The van der Waals surface area contributed by atoms with Crippen LogP contribution in [0.3, 0.4) is 0 Å². The van der Waals surface area contributed by atoms with Crippen molar-refractivity contribution in [1.29, 1.82) is 0 Å². The molecular formula is C59H111NO8. The summed E-state index contributed by atoms with van der Waals surface area (Å²) in [7, 11) is 5.92. The van der Waals surface area contributed by atoms with Crippen LogP contribution in [0, 0.1) is 0 Å². The highest BCUT2D eigenvalue weighted by molar-refractivity contribution is 5.70. The zero-order chi connectivity index (χ0) is 49.9. The Morgan fingerprint density at radius 1 is 0.441 bits per heavy atom. The number of aliphatic carboxylic acids is 1. The van der Waals surface area contributed by atoms with Gasteiger partial charge in [0.1, 0.15) is 13.2 Å². The summed E-state index contributed by atoms with van der Waals surface area (Å²) in [6.45, 7) is 4.76. The van der Waals surface area contributed by atoms with Crippen molar-refractivity contribution in [3.63, 3.8) is 0 Å². The van der Waals surface area contributed by atoms with Crippen LogP contribution in [0.25, 0.3) is 0 Å². The monoisotopic (exact) mass is 962 g/mol. The van der Waals surface area contributed by atoms with Gasteiger partial charge in [0.25, 0.3) is 0 Å². The van der Waals surface area contributed by atoms with Crippen LogP contribution >= 0.6 is 0 Å². The standard InChI is InChI=1S/C59H111NO8/c1-6-8-10-12-14-16-18-20-22-24-25-26-27-28-29-30-31-32-34-35-37-39-41-43-45-47-49-56(61)66-53-55(54-67-59(58(63)64)65-52-51-60(3,4)5)68-57(62)50-48-46-44-42-40-38-36-33-23-21-19-17-15-13-11-9-7-2/h15,17,21,23,55,59H,6-14,16,18-20,22,24-54H2,1-5H3/b17-15-,23-21-. The first-order valence-corrected chi connectivity index (χ1v) is 29.0. The third kappa shape index (κ3) is 51.6. The van der Waals surface area contributed by atoms with E-state index in [9.17, 15) is 19.5 Å². The minimum atomic E-state index is -1.62. The second-order valence-corrected chi connectivity index (χ2v) is 20.9. The van der Waals surface area contributed by atoms with Gasteiger partial charge in [-0.1, -0.05) is 244 Å². The van der Waals surface area contributed by atoms with Gasteiger partial charge in [0.2, 0.25) is 0 Å². The molecule has 0 N–H and O–H groups in total. The number of carbonyl (C=O) groups excluding carboxylic acids is 3. The summed E-state index contributed by atoms with van der Waals surface area (Å²) in [5.74, 6) is -2.28. The highest BCUT2D eigenvalue weighted by Gasteiger charge is 2.22. The number of hydrogen-bond acceptors (Lipinski definition) is 8. The molecule has 0 spiro atoms. The van der Waals surface area contributed by atoms with Crippen molar-refractivity contribution in [1.82, 2.24) is 0 Å². The Balaban J connectivity index is 4.17. The second-order valence-electron chi connectivity index (χ2n) is 20.9. The molecule has 0 aliphatic heterocycles. The molecule has 68 heavy (non-hydrogen) atoms. The molecule has 0 rings (SSSR count). The molecular weight excluding hydrogens is 851 g/mol. The lowest BCUT2D eigenvalue weighted by atomic mass is 10.0. The number of likely N-dealkylation sites (N-methyl/N-ethyl adjacent to an activating group) is 1. The number of quaternary nitrogens is 1. The number of carbonyl (C=O) groups is 3. The Bertz CT molecular complexity index is 1170. The van der Waals surface area contributed by atoms with Crippen molar-refractivity contribution < 1.29 is 42.9 Å². The lowest BCUT2D eigenvalue weighted by molar-refractivity contribution is -0.870. The number of rotatable bonds is 54. The van der Waals surface area contributed by atoms with Gasteiger partial charge in [-0.25, -0.2) is 0 Å². The molecule has 9 heteroatoms.